The van der Waals surface area contributed by atoms with Crippen molar-refractivity contribution in [1.82, 2.24) is 14.9 Å². The van der Waals surface area contributed by atoms with Gasteiger partial charge >= 0.3 is 6.18 Å². The second-order valence-corrected chi connectivity index (χ2v) is 9.63. The number of fused-ring (bicyclic) bond motifs is 3. The van der Waals surface area contributed by atoms with Gasteiger partial charge in [-0.25, -0.2) is 4.98 Å². The molecule has 0 unspecified atom stereocenters. The number of nitrogens with zero attached hydrogens (tertiary/aromatic N) is 2. The number of aliphatic hydroxyl groups is 1. The molecule has 5 nitrogen and oxygen atoms in total. The summed E-state index contributed by atoms with van der Waals surface area (Å²) < 4.78 is 40.9. The molecule has 1 saturated carbocycles. The molecule has 0 bridgehead atoms. The summed E-state index contributed by atoms with van der Waals surface area (Å²) in [6, 6.07) is 10.0. The quantitative estimate of drug-likeness (QED) is 0.405. The Balaban J connectivity index is 1.56. The highest BCUT2D eigenvalue weighted by Gasteiger charge is 2.31. The van der Waals surface area contributed by atoms with E-state index in [9.17, 15) is 23.1 Å². The Bertz CT molecular complexity index is 1340. The SMILES string of the molecule is Cc1nc2c3cc(C(=O)N[C@H](CO)C4CCC4)ccc3n(-c3ccc(C(F)(F)F)cc3)c2s1. The van der Waals surface area contributed by atoms with Gasteiger partial charge in [0.2, 0.25) is 0 Å². The van der Waals surface area contributed by atoms with Crippen LogP contribution in [0.1, 0.15) is 40.2 Å². The van der Waals surface area contributed by atoms with Crippen molar-refractivity contribution in [2.24, 2.45) is 5.92 Å². The fourth-order valence-corrected chi connectivity index (χ4v) is 5.34. The van der Waals surface area contributed by atoms with Crippen molar-refractivity contribution in [1.29, 1.82) is 0 Å². The zero-order valence-corrected chi connectivity index (χ0v) is 18.6. The molecule has 0 aliphatic heterocycles. The molecule has 2 aromatic carbocycles. The lowest BCUT2D eigenvalue weighted by Crippen LogP contribution is -2.45. The number of carbonyl (C=O) groups is 1. The first-order valence-electron chi connectivity index (χ1n) is 10.8. The summed E-state index contributed by atoms with van der Waals surface area (Å²) in [5.41, 5.74) is 1.81. The number of carbonyl (C=O) groups excluding carboxylic acids is 1. The van der Waals surface area contributed by atoms with Gasteiger partial charge in [0.1, 0.15) is 10.3 Å². The fourth-order valence-electron chi connectivity index (χ4n) is 4.38. The largest absolute Gasteiger partial charge is 0.416 e. The number of rotatable bonds is 5. The van der Waals surface area contributed by atoms with Gasteiger partial charge in [0.05, 0.1) is 28.7 Å². The van der Waals surface area contributed by atoms with Crippen molar-refractivity contribution >= 4 is 38.5 Å². The lowest BCUT2D eigenvalue weighted by molar-refractivity contribution is -0.137. The maximum Gasteiger partial charge on any atom is 0.416 e. The summed E-state index contributed by atoms with van der Waals surface area (Å²) in [4.78, 5) is 18.3. The third kappa shape index (κ3) is 3.89. The molecule has 2 N–H and O–H groups in total. The van der Waals surface area contributed by atoms with Crippen molar-refractivity contribution in [2.45, 2.75) is 38.4 Å². The van der Waals surface area contributed by atoms with E-state index in [0.717, 1.165) is 52.1 Å². The van der Waals surface area contributed by atoms with E-state index in [0.29, 0.717) is 22.7 Å². The van der Waals surface area contributed by atoms with Crippen LogP contribution in [0, 0.1) is 12.8 Å². The zero-order valence-electron chi connectivity index (χ0n) is 17.8. The second-order valence-electron chi connectivity index (χ2n) is 8.45. The Kier molecular flexibility index (Phi) is 5.41. The number of alkyl halides is 3. The molecule has 1 aliphatic carbocycles. The molecule has 0 spiro atoms. The second kappa shape index (κ2) is 8.14. The standard InChI is InChI=1S/C24H22F3N3O2S/c1-13-28-21-18-11-15(22(32)29-19(12-31)14-3-2-4-14)5-10-20(18)30(23(21)33-13)17-8-6-16(7-9-17)24(25,26)27/h5-11,14,19,31H,2-4,12H2,1H3,(H,29,32)/t19-/m1/s1. The van der Waals surface area contributed by atoms with Gasteiger partial charge in [-0.15, -0.1) is 11.3 Å². The average molecular weight is 474 g/mol. The average Bonchev–Trinajstić information content (AvgIpc) is 3.25. The third-order valence-electron chi connectivity index (χ3n) is 6.36. The summed E-state index contributed by atoms with van der Waals surface area (Å²) in [6.07, 6.45) is -1.29. The van der Waals surface area contributed by atoms with Crippen LogP contribution in [0.5, 0.6) is 0 Å². The molecule has 9 heteroatoms. The molecule has 1 aliphatic rings. The van der Waals surface area contributed by atoms with E-state index >= 15 is 0 Å². The van der Waals surface area contributed by atoms with Crippen molar-refractivity contribution in [3.63, 3.8) is 0 Å². The van der Waals surface area contributed by atoms with Crippen LogP contribution in [0.25, 0.3) is 26.9 Å². The molecule has 33 heavy (non-hydrogen) atoms. The molecular weight excluding hydrogens is 451 g/mol. The lowest BCUT2D eigenvalue weighted by atomic mass is 9.80. The molecule has 172 valence electrons. The van der Waals surface area contributed by atoms with Crippen LogP contribution in [0.4, 0.5) is 13.2 Å². The van der Waals surface area contributed by atoms with Crippen LogP contribution < -0.4 is 5.32 Å². The van der Waals surface area contributed by atoms with Gasteiger partial charge in [0, 0.05) is 16.6 Å². The molecule has 2 heterocycles. The minimum absolute atomic E-state index is 0.0987. The summed E-state index contributed by atoms with van der Waals surface area (Å²) in [5, 5.41) is 14.2. The summed E-state index contributed by atoms with van der Waals surface area (Å²) in [5.74, 6) is 0.0431. The van der Waals surface area contributed by atoms with Gasteiger partial charge in [-0.1, -0.05) is 6.42 Å². The number of aryl methyl sites for hydroxylation is 1. The number of aromatic nitrogens is 2. The van der Waals surface area contributed by atoms with Gasteiger partial charge in [-0.3, -0.25) is 9.36 Å². The summed E-state index contributed by atoms with van der Waals surface area (Å²) in [7, 11) is 0. The zero-order chi connectivity index (χ0) is 23.3. The monoisotopic (exact) mass is 473 g/mol. The topological polar surface area (TPSA) is 67.2 Å². The number of nitrogens with one attached hydrogen (secondary N) is 1. The molecule has 1 amide bonds. The van der Waals surface area contributed by atoms with Crippen LogP contribution in [-0.2, 0) is 6.18 Å². The van der Waals surface area contributed by atoms with E-state index in [1.54, 1.807) is 18.2 Å². The molecule has 5 rings (SSSR count). The minimum Gasteiger partial charge on any atom is -0.394 e. The number of hydrogen-bond acceptors (Lipinski definition) is 4. The number of benzene rings is 2. The van der Waals surface area contributed by atoms with Crippen LogP contribution in [0.3, 0.4) is 0 Å². The molecule has 0 saturated heterocycles. The van der Waals surface area contributed by atoms with Gasteiger partial charge < -0.3 is 10.4 Å². The van der Waals surface area contributed by atoms with Crippen molar-refractivity contribution in [2.75, 3.05) is 6.61 Å². The molecule has 2 aromatic heterocycles. The first-order chi connectivity index (χ1) is 15.8. The smallest absolute Gasteiger partial charge is 0.394 e. The van der Waals surface area contributed by atoms with Crippen LogP contribution in [0.2, 0.25) is 0 Å². The Labute approximate surface area is 191 Å². The number of thiazole rings is 1. The Morgan fingerprint density at radius 2 is 1.97 bits per heavy atom. The number of hydrogen-bond donors (Lipinski definition) is 2. The molecule has 1 atom stereocenters. The summed E-state index contributed by atoms with van der Waals surface area (Å²) in [6.45, 7) is 1.77. The van der Waals surface area contributed by atoms with Crippen LogP contribution >= 0.6 is 11.3 Å². The lowest BCUT2D eigenvalue weighted by Gasteiger charge is -2.33. The van der Waals surface area contributed by atoms with Gasteiger partial charge in [-0.2, -0.15) is 13.2 Å². The predicted octanol–water partition coefficient (Wildman–Crippen LogP) is 5.46. The Morgan fingerprint density at radius 1 is 1.24 bits per heavy atom. The minimum atomic E-state index is -4.40. The van der Waals surface area contributed by atoms with E-state index < -0.39 is 11.7 Å². The number of aliphatic hydroxyl groups excluding tert-OH is 1. The maximum absolute atomic E-state index is 13.0. The van der Waals surface area contributed by atoms with E-state index in [1.807, 2.05) is 11.5 Å². The maximum atomic E-state index is 13.0. The van der Waals surface area contributed by atoms with Gasteiger partial charge in [-0.05, 0) is 68.1 Å². The fraction of sp³-hybridized carbons (Fsp3) is 0.333. The van der Waals surface area contributed by atoms with E-state index in [-0.39, 0.29) is 18.6 Å². The van der Waals surface area contributed by atoms with E-state index in [4.69, 9.17) is 0 Å². The third-order valence-corrected chi connectivity index (χ3v) is 7.31. The molecule has 4 aromatic rings. The molecule has 1 fully saturated rings. The Hall–Kier alpha value is -2.91. The van der Waals surface area contributed by atoms with Gasteiger partial charge in [0.15, 0.2) is 0 Å². The first kappa shape index (κ1) is 21.9. The molecular formula is C24H22F3N3O2S. The normalized spacial score (nSPS) is 15.7. The highest BCUT2D eigenvalue weighted by molar-refractivity contribution is 7.18. The Morgan fingerprint density at radius 3 is 2.58 bits per heavy atom. The van der Waals surface area contributed by atoms with E-state index in [1.165, 1.54) is 23.5 Å². The first-order valence-corrected chi connectivity index (χ1v) is 11.6. The number of halogens is 3. The van der Waals surface area contributed by atoms with Crippen LogP contribution in [0.15, 0.2) is 42.5 Å². The molecule has 0 radical (unpaired) electrons. The summed E-state index contributed by atoms with van der Waals surface area (Å²) >= 11 is 1.45. The highest BCUT2D eigenvalue weighted by Crippen LogP contribution is 2.37. The van der Waals surface area contributed by atoms with Crippen LogP contribution in [-0.4, -0.2) is 33.2 Å². The number of amides is 1. The van der Waals surface area contributed by atoms with Crippen molar-refractivity contribution in [3.8, 4) is 5.69 Å². The van der Waals surface area contributed by atoms with Gasteiger partial charge in [0.25, 0.3) is 5.91 Å². The van der Waals surface area contributed by atoms with Crippen molar-refractivity contribution in [3.05, 3.63) is 58.6 Å². The van der Waals surface area contributed by atoms with Crippen molar-refractivity contribution < 1.29 is 23.1 Å². The highest BCUT2D eigenvalue weighted by atomic mass is 32.1. The van der Waals surface area contributed by atoms with E-state index in [2.05, 4.69) is 10.3 Å². The predicted molar refractivity (Wildman–Crippen MR) is 122 cm³/mol.